The van der Waals surface area contributed by atoms with Gasteiger partial charge in [0.1, 0.15) is 5.75 Å². The number of benzene rings is 3. The molecule has 0 fully saturated rings. The summed E-state index contributed by atoms with van der Waals surface area (Å²) < 4.78 is 4.88. The first-order valence-corrected chi connectivity index (χ1v) is 9.26. The van der Waals surface area contributed by atoms with Crippen molar-refractivity contribution in [1.29, 1.82) is 5.26 Å². The fourth-order valence-electron chi connectivity index (χ4n) is 2.79. The molecule has 0 N–H and O–H groups in total. The SMILES string of the molecule is CC(c1ccc(OC#N)cc1)P(c1ccccc1)c1ccccc1. The average Bonchev–Trinajstić information content (AvgIpc) is 2.64. The van der Waals surface area contributed by atoms with Gasteiger partial charge in [-0.3, -0.25) is 0 Å². The van der Waals surface area contributed by atoms with E-state index in [1.165, 1.54) is 16.2 Å². The maximum absolute atomic E-state index is 8.61. The third-order valence-corrected chi connectivity index (χ3v) is 6.76. The first-order chi connectivity index (χ1) is 11.8. The van der Waals surface area contributed by atoms with Crippen LogP contribution in [0.15, 0.2) is 84.9 Å². The van der Waals surface area contributed by atoms with Crippen molar-refractivity contribution < 1.29 is 4.74 Å². The van der Waals surface area contributed by atoms with Crippen LogP contribution in [-0.2, 0) is 0 Å². The highest BCUT2D eigenvalue weighted by molar-refractivity contribution is 7.73. The van der Waals surface area contributed by atoms with Gasteiger partial charge in [0.2, 0.25) is 0 Å². The lowest BCUT2D eigenvalue weighted by atomic mass is 10.1. The summed E-state index contributed by atoms with van der Waals surface area (Å²) >= 11 is 0. The van der Waals surface area contributed by atoms with Gasteiger partial charge in [0.05, 0.1) is 0 Å². The summed E-state index contributed by atoms with van der Waals surface area (Å²) in [5.41, 5.74) is 1.61. The lowest BCUT2D eigenvalue weighted by Crippen LogP contribution is -2.15. The van der Waals surface area contributed by atoms with Gasteiger partial charge in [0.25, 0.3) is 6.26 Å². The second-order valence-corrected chi connectivity index (χ2v) is 8.03. The zero-order valence-corrected chi connectivity index (χ0v) is 14.4. The number of nitriles is 1. The number of rotatable bonds is 5. The Bertz CT molecular complexity index is 770. The molecule has 0 spiro atoms. The van der Waals surface area contributed by atoms with Gasteiger partial charge >= 0.3 is 0 Å². The number of ether oxygens (including phenoxy) is 1. The van der Waals surface area contributed by atoms with Crippen LogP contribution >= 0.6 is 7.92 Å². The zero-order chi connectivity index (χ0) is 16.8. The third-order valence-electron chi connectivity index (χ3n) is 3.98. The summed E-state index contributed by atoms with van der Waals surface area (Å²) in [6.07, 6.45) is 1.71. The molecule has 3 rings (SSSR count). The highest BCUT2D eigenvalue weighted by Crippen LogP contribution is 2.49. The Hall–Kier alpha value is -2.62. The maximum Gasteiger partial charge on any atom is 0.292 e. The summed E-state index contributed by atoms with van der Waals surface area (Å²) in [7, 11) is -0.512. The molecule has 0 aliphatic rings. The van der Waals surface area contributed by atoms with Crippen LogP contribution in [0.1, 0.15) is 18.1 Å². The van der Waals surface area contributed by atoms with E-state index in [9.17, 15) is 0 Å². The molecule has 0 aromatic heterocycles. The van der Waals surface area contributed by atoms with Crippen molar-refractivity contribution in [2.75, 3.05) is 0 Å². The summed E-state index contributed by atoms with van der Waals surface area (Å²) in [5.74, 6) is 0.581. The van der Waals surface area contributed by atoms with E-state index < -0.39 is 7.92 Å². The van der Waals surface area contributed by atoms with Gasteiger partial charge in [-0.05, 0) is 36.2 Å². The molecule has 0 saturated carbocycles. The Balaban J connectivity index is 1.98. The molecule has 0 bridgehead atoms. The molecule has 24 heavy (non-hydrogen) atoms. The topological polar surface area (TPSA) is 33.0 Å². The Labute approximate surface area is 144 Å². The van der Waals surface area contributed by atoms with Gasteiger partial charge in [0, 0.05) is 5.66 Å². The van der Waals surface area contributed by atoms with Gasteiger partial charge in [-0.1, -0.05) is 79.7 Å². The van der Waals surface area contributed by atoms with Gasteiger partial charge < -0.3 is 4.74 Å². The minimum Gasteiger partial charge on any atom is -0.388 e. The Morgan fingerprint density at radius 2 is 1.29 bits per heavy atom. The highest BCUT2D eigenvalue weighted by atomic mass is 31.1. The van der Waals surface area contributed by atoms with Crippen LogP contribution in [0.5, 0.6) is 5.75 Å². The molecule has 3 heteroatoms. The monoisotopic (exact) mass is 331 g/mol. The second-order valence-electron chi connectivity index (χ2n) is 5.48. The van der Waals surface area contributed by atoms with E-state index in [-0.39, 0.29) is 0 Å². The lowest BCUT2D eigenvalue weighted by molar-refractivity contribution is 0.507. The molecule has 1 unspecified atom stereocenters. The molecule has 1 atom stereocenters. The molecule has 0 aliphatic heterocycles. The number of hydrogen-bond acceptors (Lipinski definition) is 2. The Morgan fingerprint density at radius 1 is 0.792 bits per heavy atom. The van der Waals surface area contributed by atoms with Crippen molar-refractivity contribution in [2.24, 2.45) is 0 Å². The van der Waals surface area contributed by atoms with Gasteiger partial charge in [-0.25, -0.2) is 0 Å². The zero-order valence-electron chi connectivity index (χ0n) is 13.5. The number of nitrogens with zero attached hydrogens (tertiary/aromatic N) is 1. The summed E-state index contributed by atoms with van der Waals surface area (Å²) in [5, 5.41) is 11.3. The molecule has 2 nitrogen and oxygen atoms in total. The normalized spacial score (nSPS) is 11.7. The Kier molecular flexibility index (Phi) is 5.26. The van der Waals surface area contributed by atoms with Crippen molar-refractivity contribution >= 4 is 18.5 Å². The lowest BCUT2D eigenvalue weighted by Gasteiger charge is -2.26. The molecule has 3 aromatic carbocycles. The van der Waals surface area contributed by atoms with Crippen LogP contribution in [0.4, 0.5) is 0 Å². The standard InChI is InChI=1S/C21H18NOP/c1-17(18-12-14-19(15-13-18)23-16-22)24(20-8-4-2-5-9-20)21-10-6-3-7-11-21/h2-15,17H,1H3. The largest absolute Gasteiger partial charge is 0.388 e. The van der Waals surface area contributed by atoms with Gasteiger partial charge in [0.15, 0.2) is 0 Å². The quantitative estimate of drug-likeness (QED) is 0.500. The minimum absolute atomic E-state index is 0.362. The molecule has 0 amide bonds. The van der Waals surface area contributed by atoms with E-state index in [1.54, 1.807) is 6.26 Å². The smallest absolute Gasteiger partial charge is 0.292 e. The van der Waals surface area contributed by atoms with E-state index in [2.05, 4.69) is 79.7 Å². The minimum atomic E-state index is -0.512. The van der Waals surface area contributed by atoms with Crippen molar-refractivity contribution in [3.63, 3.8) is 0 Å². The first-order valence-electron chi connectivity index (χ1n) is 7.85. The molecular weight excluding hydrogens is 313 g/mol. The van der Waals surface area contributed by atoms with Crippen molar-refractivity contribution in [3.8, 4) is 12.0 Å². The predicted octanol–water partition coefficient (Wildman–Crippen LogP) is 4.74. The van der Waals surface area contributed by atoms with Crippen molar-refractivity contribution in [1.82, 2.24) is 0 Å². The average molecular weight is 331 g/mol. The molecule has 0 radical (unpaired) electrons. The number of hydrogen-bond donors (Lipinski definition) is 0. The van der Waals surface area contributed by atoms with Crippen molar-refractivity contribution in [2.45, 2.75) is 12.6 Å². The van der Waals surface area contributed by atoms with Crippen LogP contribution in [0.2, 0.25) is 0 Å². The van der Waals surface area contributed by atoms with Crippen LogP contribution in [-0.4, -0.2) is 0 Å². The third kappa shape index (κ3) is 3.65. The van der Waals surface area contributed by atoms with E-state index in [0.29, 0.717) is 11.4 Å². The molecular formula is C21H18NOP. The maximum atomic E-state index is 8.61. The van der Waals surface area contributed by atoms with Gasteiger partial charge in [-0.2, -0.15) is 0 Å². The second kappa shape index (κ2) is 7.77. The first kappa shape index (κ1) is 16.2. The van der Waals surface area contributed by atoms with E-state index >= 15 is 0 Å². The predicted molar refractivity (Wildman–Crippen MR) is 100 cm³/mol. The summed E-state index contributed by atoms with van der Waals surface area (Å²) in [6, 6.07) is 29.2. The molecule has 118 valence electrons. The van der Waals surface area contributed by atoms with Crippen LogP contribution < -0.4 is 15.3 Å². The summed E-state index contributed by atoms with van der Waals surface area (Å²) in [4.78, 5) is 0. The van der Waals surface area contributed by atoms with Crippen LogP contribution in [0, 0.1) is 11.5 Å². The fourth-order valence-corrected chi connectivity index (χ4v) is 5.44. The molecule has 0 saturated heterocycles. The molecule has 0 aliphatic carbocycles. The van der Waals surface area contributed by atoms with E-state index in [0.717, 1.165) is 0 Å². The van der Waals surface area contributed by atoms with Crippen molar-refractivity contribution in [3.05, 3.63) is 90.5 Å². The van der Waals surface area contributed by atoms with Crippen LogP contribution in [0.25, 0.3) is 0 Å². The Morgan fingerprint density at radius 3 is 1.75 bits per heavy atom. The van der Waals surface area contributed by atoms with E-state index in [1.807, 2.05) is 12.1 Å². The van der Waals surface area contributed by atoms with Crippen LogP contribution in [0.3, 0.4) is 0 Å². The molecule has 3 aromatic rings. The fraction of sp³-hybridized carbons (Fsp3) is 0.0952. The summed E-state index contributed by atoms with van der Waals surface area (Å²) in [6.45, 7) is 2.27. The highest BCUT2D eigenvalue weighted by Gasteiger charge is 2.22. The van der Waals surface area contributed by atoms with Gasteiger partial charge in [-0.15, -0.1) is 5.26 Å². The van der Waals surface area contributed by atoms with E-state index in [4.69, 9.17) is 10.00 Å². The molecule has 0 heterocycles.